The molecule has 2 nitrogen and oxygen atoms in total. The molecule has 1 atom stereocenters. The van der Waals surface area contributed by atoms with Crippen LogP contribution in [0.15, 0.2) is 24.3 Å². The molecule has 1 aromatic carbocycles. The van der Waals surface area contributed by atoms with E-state index in [4.69, 9.17) is 0 Å². The Kier molecular flexibility index (Phi) is 4.37. The normalized spacial score (nSPS) is 18.9. The summed E-state index contributed by atoms with van der Waals surface area (Å²) >= 11 is 0. The molecule has 0 spiro atoms. The van der Waals surface area contributed by atoms with E-state index >= 15 is 0 Å². The second-order valence-corrected chi connectivity index (χ2v) is 4.81. The van der Waals surface area contributed by atoms with E-state index in [2.05, 4.69) is 28.8 Å². The maximum atomic E-state index is 12.8. The van der Waals surface area contributed by atoms with Gasteiger partial charge >= 0.3 is 0 Å². The maximum absolute atomic E-state index is 12.8. The highest BCUT2D eigenvalue weighted by molar-refractivity contribution is 5.46. The molecule has 0 radical (unpaired) electrons. The van der Waals surface area contributed by atoms with E-state index in [0.717, 1.165) is 18.8 Å². The fourth-order valence-electron chi connectivity index (χ4n) is 2.32. The minimum Gasteiger partial charge on any atom is -0.382 e. The Balaban J connectivity index is 2.00. The smallest absolute Gasteiger partial charge is 0.114 e. The van der Waals surface area contributed by atoms with Gasteiger partial charge in [0.1, 0.15) is 6.17 Å². The number of rotatable bonds is 4. The summed E-state index contributed by atoms with van der Waals surface area (Å²) in [5, 5.41) is 6.51. The highest BCUT2D eigenvalue weighted by Crippen LogP contribution is 2.26. The monoisotopic (exact) mass is 236 g/mol. The minimum atomic E-state index is -0.808. The standard InChI is InChI=1S/C14H21FN2/c1-11(15)10-17-14-4-2-3-13(9-14)12-5-7-16-8-6-12/h2-4,9,11-12,16-17H,5-8,10H2,1H3. The van der Waals surface area contributed by atoms with Crippen LogP contribution in [0.25, 0.3) is 0 Å². The molecule has 0 aliphatic carbocycles. The first-order valence-electron chi connectivity index (χ1n) is 6.44. The number of halogens is 1. The summed E-state index contributed by atoms with van der Waals surface area (Å²) in [7, 11) is 0. The molecule has 1 aromatic rings. The highest BCUT2D eigenvalue weighted by atomic mass is 19.1. The third-order valence-electron chi connectivity index (χ3n) is 3.28. The molecular weight excluding hydrogens is 215 g/mol. The molecule has 1 unspecified atom stereocenters. The first kappa shape index (κ1) is 12.4. The summed E-state index contributed by atoms with van der Waals surface area (Å²) < 4.78 is 12.8. The van der Waals surface area contributed by atoms with Crippen molar-refractivity contribution in [3.8, 4) is 0 Å². The first-order valence-corrected chi connectivity index (χ1v) is 6.44. The summed E-state index contributed by atoms with van der Waals surface area (Å²) in [5.41, 5.74) is 2.41. The summed E-state index contributed by atoms with van der Waals surface area (Å²) in [5.74, 6) is 0.654. The number of anilines is 1. The van der Waals surface area contributed by atoms with Gasteiger partial charge in [0.25, 0.3) is 0 Å². The van der Waals surface area contributed by atoms with Crippen molar-refractivity contribution < 1.29 is 4.39 Å². The van der Waals surface area contributed by atoms with Crippen LogP contribution in [0.5, 0.6) is 0 Å². The lowest BCUT2D eigenvalue weighted by Gasteiger charge is -2.23. The van der Waals surface area contributed by atoms with Gasteiger partial charge in [-0.05, 0) is 56.5 Å². The summed E-state index contributed by atoms with van der Waals surface area (Å²) in [4.78, 5) is 0. The van der Waals surface area contributed by atoms with Gasteiger partial charge in [0.2, 0.25) is 0 Å². The van der Waals surface area contributed by atoms with E-state index < -0.39 is 6.17 Å². The first-order chi connectivity index (χ1) is 8.25. The fourth-order valence-corrected chi connectivity index (χ4v) is 2.32. The van der Waals surface area contributed by atoms with E-state index in [-0.39, 0.29) is 0 Å². The van der Waals surface area contributed by atoms with E-state index in [9.17, 15) is 4.39 Å². The number of hydrogen-bond acceptors (Lipinski definition) is 2. The minimum absolute atomic E-state index is 0.385. The molecule has 1 heterocycles. The summed E-state index contributed by atoms with van der Waals surface area (Å²) in [6.45, 7) is 4.16. The average molecular weight is 236 g/mol. The van der Waals surface area contributed by atoms with Crippen LogP contribution in [0.1, 0.15) is 31.2 Å². The van der Waals surface area contributed by atoms with Gasteiger partial charge in [-0.15, -0.1) is 0 Å². The molecule has 0 saturated carbocycles. The number of hydrogen-bond donors (Lipinski definition) is 2. The molecule has 1 aliphatic rings. The van der Waals surface area contributed by atoms with Crippen LogP contribution in [0.3, 0.4) is 0 Å². The Labute approximate surface area is 103 Å². The molecule has 0 aromatic heterocycles. The van der Waals surface area contributed by atoms with Crippen molar-refractivity contribution in [2.24, 2.45) is 0 Å². The van der Waals surface area contributed by atoms with Crippen molar-refractivity contribution in [2.45, 2.75) is 31.9 Å². The van der Waals surface area contributed by atoms with Crippen molar-refractivity contribution in [1.29, 1.82) is 0 Å². The zero-order valence-corrected chi connectivity index (χ0v) is 10.4. The predicted molar refractivity (Wildman–Crippen MR) is 70.3 cm³/mol. The van der Waals surface area contributed by atoms with Gasteiger partial charge < -0.3 is 10.6 Å². The summed E-state index contributed by atoms with van der Waals surface area (Å²) in [6, 6.07) is 8.41. The lowest BCUT2D eigenvalue weighted by molar-refractivity contribution is 0.378. The largest absolute Gasteiger partial charge is 0.382 e. The van der Waals surface area contributed by atoms with Gasteiger partial charge in [0.15, 0.2) is 0 Å². The Morgan fingerprint density at radius 2 is 2.18 bits per heavy atom. The second-order valence-electron chi connectivity index (χ2n) is 4.81. The zero-order valence-electron chi connectivity index (χ0n) is 10.4. The van der Waals surface area contributed by atoms with E-state index in [0.29, 0.717) is 12.5 Å². The third kappa shape index (κ3) is 3.70. The van der Waals surface area contributed by atoms with Crippen LogP contribution in [0.2, 0.25) is 0 Å². The molecule has 2 N–H and O–H groups in total. The number of alkyl halides is 1. The van der Waals surface area contributed by atoms with Crippen molar-refractivity contribution in [3.05, 3.63) is 29.8 Å². The Morgan fingerprint density at radius 3 is 2.88 bits per heavy atom. The number of benzene rings is 1. The zero-order chi connectivity index (χ0) is 12.1. The van der Waals surface area contributed by atoms with Crippen molar-refractivity contribution >= 4 is 5.69 Å². The SMILES string of the molecule is CC(F)CNc1cccc(C2CCNCC2)c1. The van der Waals surface area contributed by atoms with Gasteiger partial charge in [-0.25, -0.2) is 4.39 Å². The van der Waals surface area contributed by atoms with Crippen molar-refractivity contribution in [1.82, 2.24) is 5.32 Å². The van der Waals surface area contributed by atoms with Gasteiger partial charge in [-0.3, -0.25) is 0 Å². The Morgan fingerprint density at radius 1 is 1.41 bits per heavy atom. The molecule has 2 rings (SSSR count). The van der Waals surface area contributed by atoms with Crippen LogP contribution in [0, 0.1) is 0 Å². The third-order valence-corrected chi connectivity index (χ3v) is 3.28. The molecule has 0 amide bonds. The van der Waals surface area contributed by atoms with E-state index in [1.807, 2.05) is 6.07 Å². The van der Waals surface area contributed by atoms with Crippen molar-refractivity contribution in [3.63, 3.8) is 0 Å². The molecule has 17 heavy (non-hydrogen) atoms. The van der Waals surface area contributed by atoms with Crippen LogP contribution in [-0.2, 0) is 0 Å². The van der Waals surface area contributed by atoms with Crippen LogP contribution < -0.4 is 10.6 Å². The Hall–Kier alpha value is -1.09. The van der Waals surface area contributed by atoms with Gasteiger partial charge in [-0.2, -0.15) is 0 Å². The van der Waals surface area contributed by atoms with E-state index in [1.165, 1.54) is 18.4 Å². The molecular formula is C14H21FN2. The highest BCUT2D eigenvalue weighted by Gasteiger charge is 2.15. The Bertz CT molecular complexity index is 346. The molecule has 94 valence electrons. The fraction of sp³-hybridized carbons (Fsp3) is 0.571. The molecule has 1 aliphatic heterocycles. The van der Waals surface area contributed by atoms with Crippen LogP contribution >= 0.6 is 0 Å². The molecule has 1 fully saturated rings. The summed E-state index contributed by atoms with van der Waals surface area (Å²) in [6.07, 6.45) is 1.59. The molecule has 1 saturated heterocycles. The molecule has 0 bridgehead atoms. The quantitative estimate of drug-likeness (QED) is 0.840. The van der Waals surface area contributed by atoms with Crippen LogP contribution in [0.4, 0.5) is 10.1 Å². The van der Waals surface area contributed by atoms with Gasteiger partial charge in [0.05, 0.1) is 0 Å². The van der Waals surface area contributed by atoms with E-state index in [1.54, 1.807) is 6.92 Å². The number of piperidine rings is 1. The lowest BCUT2D eigenvalue weighted by atomic mass is 9.90. The average Bonchev–Trinajstić information content (AvgIpc) is 2.38. The number of nitrogens with one attached hydrogen (secondary N) is 2. The molecule has 3 heteroatoms. The van der Waals surface area contributed by atoms with Gasteiger partial charge in [-0.1, -0.05) is 12.1 Å². The maximum Gasteiger partial charge on any atom is 0.114 e. The second kappa shape index (κ2) is 6.01. The van der Waals surface area contributed by atoms with Crippen LogP contribution in [-0.4, -0.2) is 25.8 Å². The lowest BCUT2D eigenvalue weighted by Crippen LogP contribution is -2.26. The van der Waals surface area contributed by atoms with Gasteiger partial charge in [0, 0.05) is 12.2 Å². The topological polar surface area (TPSA) is 24.1 Å². The predicted octanol–water partition coefficient (Wildman–Crippen LogP) is 2.92. The van der Waals surface area contributed by atoms with Crippen molar-refractivity contribution in [2.75, 3.05) is 25.0 Å².